The van der Waals surface area contributed by atoms with Crippen LogP contribution in [0, 0.1) is 0 Å². The molecule has 2 fully saturated rings. The zero-order valence-corrected chi connectivity index (χ0v) is 15.2. The molecule has 1 amide bonds. The van der Waals surface area contributed by atoms with Crippen molar-refractivity contribution < 1.29 is 9.90 Å². The topological polar surface area (TPSA) is 47.0 Å². The van der Waals surface area contributed by atoms with Gasteiger partial charge in [-0.2, -0.15) is 0 Å². The Kier molecular flexibility index (Phi) is 5.16. The number of aliphatic hydroxyl groups excluding tert-OH is 1. The molecule has 0 unspecified atom stereocenters. The van der Waals surface area contributed by atoms with E-state index in [2.05, 4.69) is 23.9 Å². The van der Waals surface area contributed by atoms with Gasteiger partial charge >= 0.3 is 0 Å². The molecular weight excluding hydrogens is 326 g/mol. The molecule has 24 heavy (non-hydrogen) atoms. The quantitative estimate of drug-likeness (QED) is 0.879. The van der Waals surface area contributed by atoms with E-state index in [4.69, 9.17) is 11.6 Å². The minimum absolute atomic E-state index is 0.0418. The van der Waals surface area contributed by atoms with Crippen LogP contribution in [-0.4, -0.2) is 78.1 Å². The lowest BCUT2D eigenvalue weighted by Gasteiger charge is -2.53. The van der Waals surface area contributed by atoms with Gasteiger partial charge in [-0.15, -0.1) is 0 Å². The van der Waals surface area contributed by atoms with E-state index in [0.29, 0.717) is 23.7 Å². The van der Waals surface area contributed by atoms with Gasteiger partial charge in [-0.05, 0) is 57.7 Å². The average molecular weight is 352 g/mol. The van der Waals surface area contributed by atoms with Gasteiger partial charge < -0.3 is 14.9 Å². The van der Waals surface area contributed by atoms with Crippen LogP contribution in [0.2, 0.25) is 5.02 Å². The Morgan fingerprint density at radius 3 is 2.38 bits per heavy atom. The van der Waals surface area contributed by atoms with Gasteiger partial charge in [0.1, 0.15) is 0 Å². The largest absolute Gasteiger partial charge is 0.378 e. The second-order valence-electron chi connectivity index (χ2n) is 7.16. The Labute approximate surface area is 148 Å². The monoisotopic (exact) mass is 351 g/mol. The number of piperazine rings is 1. The SMILES string of the molecule is CN1CCC2(CC1)CN(C(=O)[C@H](O)c1ccc(Cl)cc1)CCN2C. The lowest BCUT2D eigenvalue weighted by atomic mass is 9.83. The first-order chi connectivity index (χ1) is 11.4. The highest BCUT2D eigenvalue weighted by Gasteiger charge is 2.43. The highest BCUT2D eigenvalue weighted by atomic mass is 35.5. The molecule has 1 spiro atoms. The molecule has 1 atom stereocenters. The van der Waals surface area contributed by atoms with E-state index in [1.54, 1.807) is 24.3 Å². The summed E-state index contributed by atoms with van der Waals surface area (Å²) < 4.78 is 0. The van der Waals surface area contributed by atoms with Crippen molar-refractivity contribution in [1.29, 1.82) is 0 Å². The van der Waals surface area contributed by atoms with Crippen LogP contribution >= 0.6 is 11.6 Å². The summed E-state index contributed by atoms with van der Waals surface area (Å²) in [6.07, 6.45) is 0.996. The number of likely N-dealkylation sites (N-methyl/N-ethyl adjacent to an activating group) is 1. The smallest absolute Gasteiger partial charge is 0.256 e. The fourth-order valence-electron chi connectivity index (χ4n) is 3.79. The second-order valence-corrected chi connectivity index (χ2v) is 7.60. The van der Waals surface area contributed by atoms with Crippen LogP contribution in [0.1, 0.15) is 24.5 Å². The summed E-state index contributed by atoms with van der Waals surface area (Å²) in [6.45, 7) is 4.30. The molecule has 132 valence electrons. The molecule has 0 bridgehead atoms. The summed E-state index contributed by atoms with van der Waals surface area (Å²) in [4.78, 5) is 19.4. The van der Waals surface area contributed by atoms with Crippen LogP contribution in [0.3, 0.4) is 0 Å². The van der Waals surface area contributed by atoms with Gasteiger partial charge in [0, 0.05) is 30.2 Å². The number of benzene rings is 1. The minimum atomic E-state index is -1.12. The highest BCUT2D eigenvalue weighted by Crippen LogP contribution is 2.32. The molecule has 2 aliphatic rings. The Hall–Kier alpha value is -1.14. The summed E-state index contributed by atoms with van der Waals surface area (Å²) in [5.74, 6) is -0.205. The third kappa shape index (κ3) is 3.45. The molecule has 2 heterocycles. The van der Waals surface area contributed by atoms with Crippen LogP contribution in [0.25, 0.3) is 0 Å². The van der Waals surface area contributed by atoms with E-state index in [1.807, 2.05) is 4.90 Å². The predicted octanol–water partition coefficient (Wildman–Crippen LogP) is 1.61. The van der Waals surface area contributed by atoms with Crippen LogP contribution in [-0.2, 0) is 4.79 Å². The molecule has 0 aromatic heterocycles. The summed E-state index contributed by atoms with van der Waals surface area (Å²) in [5.41, 5.74) is 0.640. The molecule has 1 aromatic carbocycles. The van der Waals surface area contributed by atoms with Gasteiger partial charge in [0.05, 0.1) is 0 Å². The summed E-state index contributed by atoms with van der Waals surface area (Å²) in [5, 5.41) is 11.1. The Balaban J connectivity index is 1.72. The number of carbonyl (C=O) groups excluding carboxylic acids is 1. The molecule has 5 nitrogen and oxygen atoms in total. The van der Waals surface area contributed by atoms with Gasteiger partial charge in [-0.1, -0.05) is 23.7 Å². The fraction of sp³-hybridized carbons (Fsp3) is 0.611. The maximum absolute atomic E-state index is 12.8. The third-order valence-electron chi connectivity index (χ3n) is 5.65. The van der Waals surface area contributed by atoms with Crippen molar-refractivity contribution in [1.82, 2.24) is 14.7 Å². The van der Waals surface area contributed by atoms with E-state index >= 15 is 0 Å². The second kappa shape index (κ2) is 7.00. The Bertz CT molecular complexity index is 584. The van der Waals surface area contributed by atoms with Crippen LogP contribution in [0.4, 0.5) is 0 Å². The molecule has 6 heteroatoms. The number of carbonyl (C=O) groups is 1. The van der Waals surface area contributed by atoms with Crippen molar-refractivity contribution in [2.24, 2.45) is 0 Å². The number of likely N-dealkylation sites (tertiary alicyclic amines) is 1. The van der Waals surface area contributed by atoms with Crippen LogP contribution < -0.4 is 0 Å². The van der Waals surface area contributed by atoms with E-state index in [0.717, 1.165) is 32.5 Å². The first-order valence-corrected chi connectivity index (χ1v) is 8.91. The normalized spacial score (nSPS) is 23.4. The molecule has 3 rings (SSSR count). The number of halogens is 1. The number of piperidine rings is 1. The van der Waals surface area contributed by atoms with Gasteiger partial charge in [-0.3, -0.25) is 9.69 Å². The molecule has 0 radical (unpaired) electrons. The van der Waals surface area contributed by atoms with Crippen molar-refractivity contribution in [3.8, 4) is 0 Å². The van der Waals surface area contributed by atoms with Gasteiger partial charge in [0.25, 0.3) is 5.91 Å². The summed E-state index contributed by atoms with van der Waals surface area (Å²) >= 11 is 5.88. The standard InChI is InChI=1S/C18H26ClN3O2/c1-20-9-7-18(8-10-20)13-22(12-11-21(18)2)17(24)16(23)14-3-5-15(19)6-4-14/h3-6,16,23H,7-13H2,1-2H3/t16-/m1/s1. The van der Waals surface area contributed by atoms with Crippen molar-refractivity contribution in [3.05, 3.63) is 34.9 Å². The zero-order chi connectivity index (χ0) is 17.3. The molecule has 1 aromatic rings. The van der Waals surface area contributed by atoms with E-state index in [-0.39, 0.29) is 11.4 Å². The molecular formula is C18H26ClN3O2. The molecule has 0 saturated carbocycles. The van der Waals surface area contributed by atoms with Gasteiger partial charge in [-0.25, -0.2) is 0 Å². The zero-order valence-electron chi connectivity index (χ0n) is 14.4. The van der Waals surface area contributed by atoms with E-state index in [9.17, 15) is 9.90 Å². The number of rotatable bonds is 2. The lowest BCUT2D eigenvalue weighted by molar-refractivity contribution is -0.147. The maximum Gasteiger partial charge on any atom is 0.256 e. The van der Waals surface area contributed by atoms with Crippen LogP contribution in [0.15, 0.2) is 24.3 Å². The molecule has 2 saturated heterocycles. The fourth-order valence-corrected chi connectivity index (χ4v) is 3.91. The van der Waals surface area contributed by atoms with Gasteiger partial charge in [0.2, 0.25) is 0 Å². The third-order valence-corrected chi connectivity index (χ3v) is 5.90. The average Bonchev–Trinajstić information content (AvgIpc) is 2.59. The first-order valence-electron chi connectivity index (χ1n) is 8.53. The molecule has 2 aliphatic heterocycles. The predicted molar refractivity (Wildman–Crippen MR) is 95.1 cm³/mol. The number of nitrogens with zero attached hydrogens (tertiary/aromatic N) is 3. The Morgan fingerprint density at radius 1 is 1.12 bits per heavy atom. The van der Waals surface area contributed by atoms with E-state index in [1.165, 1.54) is 0 Å². The summed E-state index contributed by atoms with van der Waals surface area (Å²) in [6, 6.07) is 6.84. The Morgan fingerprint density at radius 2 is 1.75 bits per heavy atom. The first kappa shape index (κ1) is 17.7. The van der Waals surface area contributed by atoms with Crippen molar-refractivity contribution >= 4 is 17.5 Å². The lowest BCUT2D eigenvalue weighted by Crippen LogP contribution is -2.65. The van der Waals surface area contributed by atoms with Crippen molar-refractivity contribution in [3.63, 3.8) is 0 Å². The number of hydrogen-bond donors (Lipinski definition) is 1. The molecule has 0 aliphatic carbocycles. The number of aliphatic hydroxyl groups is 1. The summed E-state index contributed by atoms with van der Waals surface area (Å²) in [7, 11) is 4.30. The van der Waals surface area contributed by atoms with Crippen molar-refractivity contribution in [2.75, 3.05) is 46.8 Å². The number of hydrogen-bond acceptors (Lipinski definition) is 4. The van der Waals surface area contributed by atoms with Crippen LogP contribution in [0.5, 0.6) is 0 Å². The maximum atomic E-state index is 12.8. The van der Waals surface area contributed by atoms with E-state index < -0.39 is 6.10 Å². The molecule has 1 N–H and O–H groups in total. The minimum Gasteiger partial charge on any atom is -0.378 e. The highest BCUT2D eigenvalue weighted by molar-refractivity contribution is 6.30. The van der Waals surface area contributed by atoms with Gasteiger partial charge in [0.15, 0.2) is 6.10 Å². The van der Waals surface area contributed by atoms with Crippen molar-refractivity contribution in [2.45, 2.75) is 24.5 Å². The number of amides is 1.